The van der Waals surface area contributed by atoms with Gasteiger partial charge in [0, 0.05) is 72.9 Å². The minimum Gasteiger partial charge on any atom is -0.338 e. The fourth-order valence-corrected chi connectivity index (χ4v) is 6.89. The molecule has 2 aromatic carbocycles. The average molecular weight is 561 g/mol. The predicted molar refractivity (Wildman–Crippen MR) is 150 cm³/mol. The number of amides is 2. The number of alkyl halides is 1. The fraction of sp³-hybridized carbons (Fsp3) is 0.533. The molecule has 3 fully saturated rings. The normalized spacial score (nSPS) is 21.3. The standard InChI is InChI=1S/C30H36Cl2FN3O2/c31-27-18-24(21-6-8-23(9-7-21)29(37)35-16-14-34(13-11-33)15-17-35)19-28(32)26(27)20-36-12-10-25(30(36)38)22-4-2-1-3-5-22/h6-9,18-19,22,25H,1-5,10-17,20H2. The number of carbonyl (C=O) groups is 2. The second-order valence-corrected chi connectivity index (χ2v) is 11.7. The van der Waals surface area contributed by atoms with E-state index in [0.717, 1.165) is 29.7 Å². The Morgan fingerprint density at radius 2 is 1.53 bits per heavy atom. The zero-order valence-electron chi connectivity index (χ0n) is 21.8. The number of carbonyl (C=O) groups excluding carboxylic acids is 2. The molecule has 0 bridgehead atoms. The lowest BCUT2D eigenvalue weighted by Gasteiger charge is -2.34. The van der Waals surface area contributed by atoms with Crippen LogP contribution < -0.4 is 0 Å². The van der Waals surface area contributed by atoms with Crippen molar-refractivity contribution in [3.8, 4) is 11.1 Å². The summed E-state index contributed by atoms with van der Waals surface area (Å²) in [5.74, 6) is 0.907. The van der Waals surface area contributed by atoms with E-state index in [2.05, 4.69) is 0 Å². The van der Waals surface area contributed by atoms with Crippen molar-refractivity contribution in [3.63, 3.8) is 0 Å². The summed E-state index contributed by atoms with van der Waals surface area (Å²) in [5, 5.41) is 1.10. The van der Waals surface area contributed by atoms with Gasteiger partial charge in [0.05, 0.1) is 0 Å². The Bertz CT molecular complexity index is 1120. The molecule has 38 heavy (non-hydrogen) atoms. The van der Waals surface area contributed by atoms with Gasteiger partial charge in [0.2, 0.25) is 5.91 Å². The van der Waals surface area contributed by atoms with Gasteiger partial charge >= 0.3 is 0 Å². The molecule has 1 aliphatic carbocycles. The summed E-state index contributed by atoms with van der Waals surface area (Å²) in [4.78, 5) is 31.9. The predicted octanol–water partition coefficient (Wildman–Crippen LogP) is 6.32. The lowest BCUT2D eigenvalue weighted by molar-refractivity contribution is -0.133. The van der Waals surface area contributed by atoms with Gasteiger partial charge in [-0.15, -0.1) is 0 Å². The van der Waals surface area contributed by atoms with E-state index < -0.39 is 0 Å². The second kappa shape index (κ2) is 12.4. The maximum atomic E-state index is 13.2. The van der Waals surface area contributed by atoms with Crippen molar-refractivity contribution in [1.82, 2.24) is 14.7 Å². The number of piperazine rings is 1. The van der Waals surface area contributed by atoms with Crippen LogP contribution in [0.3, 0.4) is 0 Å². The van der Waals surface area contributed by atoms with Gasteiger partial charge in [-0.1, -0.05) is 54.6 Å². The lowest BCUT2D eigenvalue weighted by atomic mass is 9.79. The van der Waals surface area contributed by atoms with E-state index in [0.29, 0.717) is 60.8 Å². The van der Waals surface area contributed by atoms with Gasteiger partial charge in [0.1, 0.15) is 6.67 Å². The molecule has 1 unspecified atom stereocenters. The van der Waals surface area contributed by atoms with Gasteiger partial charge in [-0.2, -0.15) is 0 Å². The number of hydrogen-bond acceptors (Lipinski definition) is 3. The zero-order chi connectivity index (χ0) is 26.6. The highest BCUT2D eigenvalue weighted by Gasteiger charge is 2.37. The Balaban J connectivity index is 1.23. The van der Waals surface area contributed by atoms with Gasteiger partial charge in [-0.3, -0.25) is 14.5 Å². The molecule has 5 rings (SSSR count). The Kier molecular flexibility index (Phi) is 8.91. The molecule has 2 amide bonds. The highest BCUT2D eigenvalue weighted by molar-refractivity contribution is 6.36. The molecule has 5 nitrogen and oxygen atoms in total. The second-order valence-electron chi connectivity index (χ2n) is 10.9. The molecule has 204 valence electrons. The van der Waals surface area contributed by atoms with E-state index >= 15 is 0 Å². The third kappa shape index (κ3) is 6.03. The van der Waals surface area contributed by atoms with Crippen molar-refractivity contribution in [2.24, 2.45) is 11.8 Å². The largest absolute Gasteiger partial charge is 0.338 e. The van der Waals surface area contributed by atoms with E-state index in [1.165, 1.54) is 32.1 Å². The van der Waals surface area contributed by atoms with E-state index in [-0.39, 0.29) is 24.4 Å². The number of likely N-dealkylation sites (tertiary alicyclic amines) is 1. The number of rotatable bonds is 7. The molecule has 2 aliphatic heterocycles. The molecule has 1 atom stereocenters. The summed E-state index contributed by atoms with van der Waals surface area (Å²) in [6.07, 6.45) is 7.03. The Hall–Kier alpha value is -2.15. The third-order valence-electron chi connectivity index (χ3n) is 8.57. The van der Waals surface area contributed by atoms with Gasteiger partial charge in [0.25, 0.3) is 5.91 Å². The molecule has 1 saturated carbocycles. The fourth-order valence-electron chi connectivity index (χ4n) is 6.29. The number of nitrogens with zero attached hydrogens (tertiary/aromatic N) is 3. The van der Waals surface area contributed by atoms with Crippen LogP contribution in [0.2, 0.25) is 10.0 Å². The molecule has 0 radical (unpaired) electrons. The quantitative estimate of drug-likeness (QED) is 0.399. The summed E-state index contributed by atoms with van der Waals surface area (Å²) in [6, 6.07) is 11.3. The van der Waals surface area contributed by atoms with Crippen LogP contribution in [0.15, 0.2) is 36.4 Å². The molecule has 8 heteroatoms. The monoisotopic (exact) mass is 559 g/mol. The van der Waals surface area contributed by atoms with Crippen LogP contribution in [0, 0.1) is 11.8 Å². The molecule has 3 aliphatic rings. The van der Waals surface area contributed by atoms with Crippen LogP contribution in [0.4, 0.5) is 4.39 Å². The molecule has 2 saturated heterocycles. The summed E-state index contributed by atoms with van der Waals surface area (Å²) in [7, 11) is 0. The van der Waals surface area contributed by atoms with Crippen molar-refractivity contribution >= 4 is 35.0 Å². The first kappa shape index (κ1) is 27.4. The number of halogens is 3. The molecular weight excluding hydrogens is 524 g/mol. The van der Waals surface area contributed by atoms with Crippen molar-refractivity contribution < 1.29 is 14.0 Å². The molecule has 0 aromatic heterocycles. The van der Waals surface area contributed by atoms with Crippen molar-refractivity contribution in [2.45, 2.75) is 45.1 Å². The lowest BCUT2D eigenvalue weighted by Crippen LogP contribution is -2.49. The Labute approximate surface area is 234 Å². The first-order valence-electron chi connectivity index (χ1n) is 13.9. The van der Waals surface area contributed by atoms with Crippen molar-refractivity contribution in [2.75, 3.05) is 45.9 Å². The van der Waals surface area contributed by atoms with Crippen molar-refractivity contribution in [1.29, 1.82) is 0 Å². The third-order valence-corrected chi connectivity index (χ3v) is 9.25. The summed E-state index contributed by atoms with van der Waals surface area (Å²) in [6.45, 7) is 3.86. The summed E-state index contributed by atoms with van der Waals surface area (Å²) < 4.78 is 12.6. The molecule has 0 N–H and O–H groups in total. The van der Waals surface area contributed by atoms with Gasteiger partial charge in [0.15, 0.2) is 0 Å². The molecule has 2 aromatic rings. The van der Waals surface area contributed by atoms with E-state index in [4.69, 9.17) is 23.2 Å². The maximum absolute atomic E-state index is 13.2. The molecule has 2 heterocycles. The van der Waals surface area contributed by atoms with Crippen LogP contribution in [0.25, 0.3) is 11.1 Å². The average Bonchev–Trinajstić information content (AvgIpc) is 3.31. The Morgan fingerprint density at radius 3 is 2.16 bits per heavy atom. The molecule has 0 spiro atoms. The number of benzene rings is 2. The van der Waals surface area contributed by atoms with Gasteiger partial charge in [-0.05, 0) is 60.6 Å². The van der Waals surface area contributed by atoms with Crippen LogP contribution in [-0.4, -0.2) is 72.5 Å². The zero-order valence-corrected chi connectivity index (χ0v) is 23.3. The summed E-state index contributed by atoms with van der Waals surface area (Å²) in [5.41, 5.74) is 3.20. The van der Waals surface area contributed by atoms with Crippen LogP contribution >= 0.6 is 23.2 Å². The SMILES string of the molecule is O=C(c1ccc(-c2cc(Cl)c(CN3CCC(C4CCCCC4)C3=O)c(Cl)c2)cc1)N1CCN(CCF)CC1. The van der Waals surface area contributed by atoms with Crippen LogP contribution in [0.5, 0.6) is 0 Å². The van der Waals surface area contributed by atoms with E-state index in [1.807, 2.05) is 51.1 Å². The van der Waals surface area contributed by atoms with Crippen LogP contribution in [0.1, 0.15) is 54.4 Å². The smallest absolute Gasteiger partial charge is 0.253 e. The van der Waals surface area contributed by atoms with Crippen LogP contribution in [-0.2, 0) is 11.3 Å². The number of hydrogen-bond donors (Lipinski definition) is 0. The first-order chi connectivity index (χ1) is 18.4. The minimum absolute atomic E-state index is 0.00956. The Morgan fingerprint density at radius 1 is 0.868 bits per heavy atom. The topological polar surface area (TPSA) is 43.9 Å². The highest BCUT2D eigenvalue weighted by atomic mass is 35.5. The van der Waals surface area contributed by atoms with E-state index in [9.17, 15) is 14.0 Å². The van der Waals surface area contributed by atoms with Crippen molar-refractivity contribution in [3.05, 3.63) is 57.6 Å². The van der Waals surface area contributed by atoms with Gasteiger partial charge < -0.3 is 9.80 Å². The maximum Gasteiger partial charge on any atom is 0.253 e. The minimum atomic E-state index is -0.359. The van der Waals surface area contributed by atoms with Gasteiger partial charge in [-0.25, -0.2) is 4.39 Å². The summed E-state index contributed by atoms with van der Waals surface area (Å²) >= 11 is 13.4. The molecular formula is C30H36Cl2FN3O2. The first-order valence-corrected chi connectivity index (χ1v) is 14.6. The van der Waals surface area contributed by atoms with E-state index in [1.54, 1.807) is 0 Å². The highest BCUT2D eigenvalue weighted by Crippen LogP contribution is 2.38.